The van der Waals surface area contributed by atoms with E-state index >= 15 is 0 Å². The summed E-state index contributed by atoms with van der Waals surface area (Å²) in [5.74, 6) is -1.17. The number of Topliss-reactive ketones (excluding diaryl/α,β-unsaturated/α-hetero) is 1. The van der Waals surface area contributed by atoms with Gasteiger partial charge in [0.05, 0.1) is 11.6 Å². The van der Waals surface area contributed by atoms with E-state index in [9.17, 15) is 18.0 Å². The molecule has 0 N–H and O–H groups in total. The molecule has 0 aliphatic rings. The Morgan fingerprint density at radius 2 is 2.05 bits per heavy atom. The third-order valence-corrected chi connectivity index (χ3v) is 3.47. The highest BCUT2D eigenvalue weighted by Crippen LogP contribution is 2.26. The van der Waals surface area contributed by atoms with Crippen LogP contribution in [0.2, 0.25) is 0 Å². The molecule has 1 aromatic heterocycles. The van der Waals surface area contributed by atoms with Gasteiger partial charge in [-0.25, -0.2) is 0 Å². The van der Waals surface area contributed by atoms with Gasteiger partial charge in [0.15, 0.2) is 0 Å². The lowest BCUT2D eigenvalue weighted by Gasteiger charge is -2.07. The smallest absolute Gasteiger partial charge is 0.454 e. The Kier molecular flexibility index (Phi) is 4.41. The van der Waals surface area contributed by atoms with E-state index in [2.05, 4.69) is 15.9 Å². The van der Waals surface area contributed by atoms with Gasteiger partial charge in [0.1, 0.15) is 5.75 Å². The van der Waals surface area contributed by atoms with Crippen molar-refractivity contribution < 1.29 is 22.7 Å². The third kappa shape index (κ3) is 3.66. The van der Waals surface area contributed by atoms with E-state index in [1.54, 1.807) is 19.2 Å². The normalized spacial score (nSPS) is 11.5. The van der Waals surface area contributed by atoms with Crippen LogP contribution < -0.4 is 4.74 Å². The van der Waals surface area contributed by atoms with Gasteiger partial charge in [0.25, 0.3) is 5.78 Å². The van der Waals surface area contributed by atoms with Gasteiger partial charge in [-0.3, -0.25) is 4.79 Å². The second-order valence-corrected chi connectivity index (χ2v) is 5.22. The maximum absolute atomic E-state index is 12.3. The van der Waals surface area contributed by atoms with Crippen molar-refractivity contribution in [1.82, 2.24) is 4.57 Å². The molecule has 21 heavy (non-hydrogen) atoms. The number of hydrogen-bond donors (Lipinski definition) is 0. The first kappa shape index (κ1) is 15.6. The number of nitrogens with zero attached hydrogens (tertiary/aromatic N) is 1. The zero-order chi connectivity index (χ0) is 15.6. The van der Waals surface area contributed by atoms with E-state index in [0.29, 0.717) is 12.3 Å². The van der Waals surface area contributed by atoms with Crippen LogP contribution in [0.25, 0.3) is 0 Å². The average molecular weight is 362 g/mol. The third-order valence-electron chi connectivity index (χ3n) is 2.85. The molecule has 0 atom stereocenters. The maximum Gasteiger partial charge on any atom is 0.454 e. The predicted octanol–water partition coefficient (Wildman–Crippen LogP) is 4.05. The summed E-state index contributed by atoms with van der Waals surface area (Å²) in [6.45, 7) is 0.355. The van der Waals surface area contributed by atoms with Crippen LogP contribution in [0.5, 0.6) is 5.75 Å². The van der Waals surface area contributed by atoms with Crippen LogP contribution >= 0.6 is 15.9 Å². The standard InChI is InChI=1S/C14H11BrF3NO2/c1-21-12-3-2-9(6-11(12)15)7-19-5-4-10(8-19)13(20)14(16,17)18/h2-6,8H,7H2,1H3. The fraction of sp³-hybridized carbons (Fsp3) is 0.214. The quantitative estimate of drug-likeness (QED) is 0.769. The van der Waals surface area contributed by atoms with Crippen LogP contribution in [0.1, 0.15) is 15.9 Å². The number of carbonyl (C=O) groups is 1. The molecule has 0 amide bonds. The second kappa shape index (κ2) is 5.93. The highest BCUT2D eigenvalue weighted by Gasteiger charge is 2.39. The van der Waals surface area contributed by atoms with E-state index in [0.717, 1.165) is 16.1 Å². The van der Waals surface area contributed by atoms with Gasteiger partial charge < -0.3 is 9.30 Å². The number of carbonyl (C=O) groups excluding carboxylic acids is 1. The Labute approximate surface area is 127 Å². The first-order valence-corrected chi connectivity index (χ1v) is 6.70. The Morgan fingerprint density at radius 1 is 1.33 bits per heavy atom. The molecular formula is C14H11BrF3NO2. The minimum Gasteiger partial charge on any atom is -0.496 e. The molecule has 1 aromatic carbocycles. The Bertz CT molecular complexity index is 664. The van der Waals surface area contributed by atoms with Crippen molar-refractivity contribution in [1.29, 1.82) is 0 Å². The lowest BCUT2D eigenvalue weighted by molar-refractivity contribution is -0.0885. The van der Waals surface area contributed by atoms with Gasteiger partial charge in [-0.1, -0.05) is 6.07 Å². The molecule has 112 valence electrons. The number of ether oxygens (including phenoxy) is 1. The second-order valence-electron chi connectivity index (χ2n) is 4.37. The predicted molar refractivity (Wildman–Crippen MR) is 74.6 cm³/mol. The number of alkyl halides is 3. The molecule has 0 spiro atoms. The molecule has 0 unspecified atom stereocenters. The average Bonchev–Trinajstić information content (AvgIpc) is 2.85. The Morgan fingerprint density at radius 3 is 2.62 bits per heavy atom. The molecule has 0 bridgehead atoms. The number of hydrogen-bond acceptors (Lipinski definition) is 2. The van der Waals surface area contributed by atoms with Gasteiger partial charge in [-0.2, -0.15) is 13.2 Å². The number of benzene rings is 1. The lowest BCUT2D eigenvalue weighted by Crippen LogP contribution is -2.22. The molecule has 7 heteroatoms. The van der Waals surface area contributed by atoms with Crippen molar-refractivity contribution in [3.8, 4) is 5.75 Å². The molecule has 0 saturated carbocycles. The van der Waals surface area contributed by atoms with Crippen molar-refractivity contribution in [3.63, 3.8) is 0 Å². The first-order valence-electron chi connectivity index (χ1n) is 5.91. The Balaban J connectivity index is 2.16. The largest absolute Gasteiger partial charge is 0.496 e. The number of methoxy groups -OCH3 is 1. The number of halogens is 4. The van der Waals surface area contributed by atoms with Gasteiger partial charge >= 0.3 is 6.18 Å². The molecule has 2 rings (SSSR count). The first-order chi connectivity index (χ1) is 9.81. The molecule has 2 aromatic rings. The summed E-state index contributed by atoms with van der Waals surface area (Å²) in [5, 5.41) is 0. The summed E-state index contributed by atoms with van der Waals surface area (Å²) in [7, 11) is 1.54. The molecule has 3 nitrogen and oxygen atoms in total. The summed E-state index contributed by atoms with van der Waals surface area (Å²) in [4.78, 5) is 11.1. The van der Waals surface area contributed by atoms with Crippen LogP contribution in [-0.2, 0) is 6.54 Å². The Hall–Kier alpha value is -1.76. The van der Waals surface area contributed by atoms with Gasteiger partial charge in [0.2, 0.25) is 0 Å². The minimum atomic E-state index is -4.85. The van der Waals surface area contributed by atoms with E-state index in [1.165, 1.54) is 17.0 Å². The topological polar surface area (TPSA) is 31.2 Å². The molecule has 0 fully saturated rings. The zero-order valence-corrected chi connectivity index (χ0v) is 12.5. The van der Waals surface area contributed by atoms with E-state index in [-0.39, 0.29) is 5.56 Å². The van der Waals surface area contributed by atoms with Gasteiger partial charge in [0, 0.05) is 24.5 Å². The summed E-state index contributed by atoms with van der Waals surface area (Å²) < 4.78 is 44.4. The highest BCUT2D eigenvalue weighted by atomic mass is 79.9. The zero-order valence-electron chi connectivity index (χ0n) is 10.9. The van der Waals surface area contributed by atoms with Crippen LogP contribution in [0.15, 0.2) is 41.1 Å². The molecule has 0 aliphatic carbocycles. The van der Waals surface area contributed by atoms with E-state index < -0.39 is 12.0 Å². The minimum absolute atomic E-state index is 0.355. The molecule has 0 radical (unpaired) electrons. The molecular weight excluding hydrogens is 351 g/mol. The van der Waals surface area contributed by atoms with Crippen molar-refractivity contribution in [2.75, 3.05) is 7.11 Å². The van der Waals surface area contributed by atoms with Crippen LogP contribution in [0.4, 0.5) is 13.2 Å². The van der Waals surface area contributed by atoms with Gasteiger partial charge in [-0.15, -0.1) is 0 Å². The maximum atomic E-state index is 12.3. The molecule has 1 heterocycles. The number of rotatable bonds is 4. The summed E-state index contributed by atoms with van der Waals surface area (Å²) in [6, 6.07) is 6.53. The number of aromatic nitrogens is 1. The van der Waals surface area contributed by atoms with Crippen molar-refractivity contribution >= 4 is 21.7 Å². The summed E-state index contributed by atoms with van der Waals surface area (Å²) >= 11 is 3.34. The lowest BCUT2D eigenvalue weighted by atomic mass is 10.2. The SMILES string of the molecule is COc1ccc(Cn2ccc(C(=O)C(F)(F)F)c2)cc1Br. The van der Waals surface area contributed by atoms with Crippen molar-refractivity contribution in [2.24, 2.45) is 0 Å². The van der Waals surface area contributed by atoms with Crippen molar-refractivity contribution in [2.45, 2.75) is 12.7 Å². The number of ketones is 1. The summed E-state index contributed by atoms with van der Waals surface area (Å²) in [6.07, 6.45) is -2.22. The van der Waals surface area contributed by atoms with Crippen LogP contribution in [-0.4, -0.2) is 23.6 Å². The molecule has 0 aliphatic heterocycles. The monoisotopic (exact) mass is 361 g/mol. The fourth-order valence-corrected chi connectivity index (χ4v) is 2.44. The molecule has 0 saturated heterocycles. The summed E-state index contributed by atoms with van der Waals surface area (Å²) in [5.41, 5.74) is 0.499. The van der Waals surface area contributed by atoms with E-state index in [4.69, 9.17) is 4.74 Å². The van der Waals surface area contributed by atoms with Crippen molar-refractivity contribution in [3.05, 3.63) is 52.3 Å². The van der Waals surface area contributed by atoms with Gasteiger partial charge in [-0.05, 0) is 39.7 Å². The van der Waals surface area contributed by atoms with Crippen LogP contribution in [0, 0.1) is 0 Å². The highest BCUT2D eigenvalue weighted by molar-refractivity contribution is 9.10. The van der Waals surface area contributed by atoms with E-state index in [1.807, 2.05) is 6.07 Å². The van der Waals surface area contributed by atoms with Crippen LogP contribution in [0.3, 0.4) is 0 Å². The fourth-order valence-electron chi connectivity index (χ4n) is 1.86.